The monoisotopic (exact) mass is 254 g/mol. The van der Waals surface area contributed by atoms with E-state index in [0.29, 0.717) is 0 Å². The molecule has 0 aromatic heterocycles. The summed E-state index contributed by atoms with van der Waals surface area (Å²) in [5.41, 5.74) is 0. The predicted molar refractivity (Wildman–Crippen MR) is 77.8 cm³/mol. The zero-order chi connectivity index (χ0) is 12.3. The lowest BCUT2D eigenvalue weighted by Gasteiger charge is -2.28. The third kappa shape index (κ3) is 2.49. The molecule has 2 fully saturated rings. The molecule has 0 amide bonds. The van der Waals surface area contributed by atoms with Crippen LogP contribution in [0.5, 0.6) is 0 Å². The summed E-state index contributed by atoms with van der Waals surface area (Å²) in [5, 5.41) is 1.33. The highest BCUT2D eigenvalue weighted by molar-refractivity contribution is 8.13. The molecule has 17 heavy (non-hydrogen) atoms. The van der Waals surface area contributed by atoms with E-state index in [2.05, 4.69) is 16.1 Å². The van der Waals surface area contributed by atoms with E-state index in [1.54, 1.807) is 0 Å². The normalized spacial score (nSPS) is 35.4. The van der Waals surface area contributed by atoms with Crippen molar-refractivity contribution in [2.45, 2.75) is 64.5 Å². The van der Waals surface area contributed by atoms with Gasteiger partial charge in [-0.3, -0.25) is 4.99 Å². The van der Waals surface area contributed by atoms with Crippen LogP contribution in [0.1, 0.15) is 52.4 Å². The first-order valence-corrected chi connectivity index (χ1v) is 8.49. The molecule has 3 heteroatoms. The highest BCUT2D eigenvalue weighted by Crippen LogP contribution is 2.42. The minimum atomic E-state index is 0.764. The Morgan fingerprint density at radius 1 is 1.18 bits per heavy atom. The Balaban J connectivity index is 0.000000514. The van der Waals surface area contributed by atoms with Gasteiger partial charge in [0, 0.05) is 6.04 Å². The Labute approximate surface area is 110 Å². The van der Waals surface area contributed by atoms with Crippen molar-refractivity contribution in [3.8, 4) is 0 Å². The van der Waals surface area contributed by atoms with Gasteiger partial charge >= 0.3 is 0 Å². The lowest BCUT2D eigenvalue weighted by atomic mass is 9.94. The quantitative estimate of drug-likeness (QED) is 0.654. The number of hydrogen-bond acceptors (Lipinski definition) is 3. The number of hydrogen-bond donors (Lipinski definition) is 0. The van der Waals surface area contributed by atoms with Crippen molar-refractivity contribution in [3.63, 3.8) is 0 Å². The molecule has 1 unspecified atom stereocenters. The van der Waals surface area contributed by atoms with Gasteiger partial charge in [-0.1, -0.05) is 44.9 Å². The maximum atomic E-state index is 4.67. The summed E-state index contributed by atoms with van der Waals surface area (Å²) in [4.78, 5) is 7.33. The summed E-state index contributed by atoms with van der Waals surface area (Å²) >= 11 is 1.85. The van der Waals surface area contributed by atoms with E-state index in [1.165, 1.54) is 43.7 Å². The maximum absolute atomic E-state index is 4.67. The molecule has 2 nitrogen and oxygen atoms in total. The number of thioether (sulfide) groups is 1. The Morgan fingerprint density at radius 3 is 2.71 bits per heavy atom. The average molecular weight is 254 g/mol. The van der Waals surface area contributed by atoms with Crippen molar-refractivity contribution in [3.05, 3.63) is 0 Å². The van der Waals surface area contributed by atoms with Gasteiger partial charge in [-0.15, -0.1) is 0 Å². The van der Waals surface area contributed by atoms with Crippen LogP contribution in [0.3, 0.4) is 0 Å². The number of nitrogens with zero attached hydrogens (tertiary/aromatic N) is 2. The van der Waals surface area contributed by atoms with Crippen molar-refractivity contribution in [1.29, 1.82) is 0 Å². The molecular formula is C14H26N2S. The molecule has 98 valence electrons. The summed E-state index contributed by atoms with van der Waals surface area (Å²) < 4.78 is 0. The molecule has 2 heterocycles. The second-order valence-electron chi connectivity index (χ2n) is 5.09. The largest absolute Gasteiger partial charge is 0.343 e. The summed E-state index contributed by atoms with van der Waals surface area (Å²) in [5.74, 6) is 0.982. The van der Waals surface area contributed by atoms with E-state index in [1.807, 2.05) is 25.6 Å². The molecule has 0 N–H and O–H groups in total. The third-order valence-corrected chi connectivity index (χ3v) is 4.99. The van der Waals surface area contributed by atoms with E-state index in [9.17, 15) is 0 Å². The number of aliphatic imine (C=N–C) groups is 1. The summed E-state index contributed by atoms with van der Waals surface area (Å²) in [6, 6.07) is 1.60. The molecule has 0 spiro atoms. The molecule has 0 aromatic rings. The summed E-state index contributed by atoms with van der Waals surface area (Å²) in [6.45, 7) is 5.07. The fourth-order valence-electron chi connectivity index (χ4n) is 3.64. The fraction of sp³-hybridized carbons (Fsp3) is 0.929. The van der Waals surface area contributed by atoms with Gasteiger partial charge in [-0.25, -0.2) is 0 Å². The fourth-order valence-corrected chi connectivity index (χ4v) is 4.33. The summed E-state index contributed by atoms with van der Waals surface area (Å²) in [7, 11) is 0. The molecule has 3 atom stereocenters. The SMILES string of the molecule is CC.CSC1=NCC2C[C@@H]3CCCCC[C@H]3N12. The zero-order valence-electron chi connectivity index (χ0n) is 11.5. The van der Waals surface area contributed by atoms with Gasteiger partial charge in [0.15, 0.2) is 5.17 Å². The van der Waals surface area contributed by atoms with Gasteiger partial charge in [-0.2, -0.15) is 0 Å². The Morgan fingerprint density at radius 2 is 1.94 bits per heavy atom. The number of amidine groups is 1. The van der Waals surface area contributed by atoms with Crippen LogP contribution in [-0.4, -0.2) is 35.0 Å². The highest BCUT2D eigenvalue weighted by atomic mass is 32.2. The van der Waals surface area contributed by atoms with Gasteiger partial charge in [0.25, 0.3) is 0 Å². The van der Waals surface area contributed by atoms with Crippen LogP contribution in [0.4, 0.5) is 0 Å². The van der Waals surface area contributed by atoms with Crippen LogP contribution in [0.25, 0.3) is 0 Å². The van der Waals surface area contributed by atoms with Gasteiger partial charge in [0.05, 0.1) is 12.6 Å². The molecule has 0 bridgehead atoms. The third-order valence-electron chi connectivity index (χ3n) is 4.29. The first kappa shape index (κ1) is 13.3. The van der Waals surface area contributed by atoms with Crippen LogP contribution < -0.4 is 0 Å². The second-order valence-corrected chi connectivity index (χ2v) is 5.86. The van der Waals surface area contributed by atoms with E-state index < -0.39 is 0 Å². The van der Waals surface area contributed by atoms with E-state index in [4.69, 9.17) is 0 Å². The minimum Gasteiger partial charge on any atom is -0.343 e. The van der Waals surface area contributed by atoms with Crippen LogP contribution in [-0.2, 0) is 0 Å². The van der Waals surface area contributed by atoms with Crippen LogP contribution in [0, 0.1) is 5.92 Å². The molecule has 3 rings (SSSR count). The first-order valence-electron chi connectivity index (χ1n) is 7.27. The smallest absolute Gasteiger partial charge is 0.159 e. The molecule has 2 aliphatic heterocycles. The molecule has 3 aliphatic rings. The lowest BCUT2D eigenvalue weighted by Crippen LogP contribution is -2.37. The molecular weight excluding hydrogens is 228 g/mol. The minimum absolute atomic E-state index is 0.764. The van der Waals surface area contributed by atoms with Crippen LogP contribution in [0.2, 0.25) is 0 Å². The van der Waals surface area contributed by atoms with Crippen LogP contribution in [0.15, 0.2) is 4.99 Å². The highest BCUT2D eigenvalue weighted by Gasteiger charge is 2.44. The van der Waals surface area contributed by atoms with Gasteiger partial charge in [0.1, 0.15) is 0 Å². The van der Waals surface area contributed by atoms with Crippen molar-refractivity contribution in [1.82, 2.24) is 4.90 Å². The Bertz CT molecular complexity index is 277. The van der Waals surface area contributed by atoms with E-state index >= 15 is 0 Å². The number of rotatable bonds is 0. The molecule has 1 aliphatic carbocycles. The molecule has 0 radical (unpaired) electrons. The molecule has 1 saturated heterocycles. The average Bonchev–Trinajstić information content (AvgIpc) is 2.84. The van der Waals surface area contributed by atoms with E-state index in [0.717, 1.165) is 24.5 Å². The maximum Gasteiger partial charge on any atom is 0.159 e. The Hall–Kier alpha value is -0.180. The Kier molecular flexibility index (Phi) is 4.78. The van der Waals surface area contributed by atoms with Gasteiger partial charge in [-0.05, 0) is 31.4 Å². The standard InChI is InChI=1S/C12H20N2S.C2H6/c1-15-12-13-8-10-7-9-5-3-2-4-6-11(9)14(10)12;1-2/h9-11H,2-8H2,1H3;1-2H3/t9-,10?,11+;/m0./s1. The van der Waals surface area contributed by atoms with Crippen molar-refractivity contribution < 1.29 is 0 Å². The number of fused-ring (bicyclic) bond motifs is 3. The van der Waals surface area contributed by atoms with Crippen molar-refractivity contribution >= 4 is 16.9 Å². The van der Waals surface area contributed by atoms with Crippen LogP contribution >= 0.6 is 11.8 Å². The first-order chi connectivity index (χ1) is 8.40. The summed E-state index contributed by atoms with van der Waals surface area (Å²) in [6.07, 6.45) is 10.8. The van der Waals surface area contributed by atoms with E-state index in [-0.39, 0.29) is 0 Å². The second kappa shape index (κ2) is 6.12. The molecule has 0 aromatic carbocycles. The van der Waals surface area contributed by atoms with Gasteiger partial charge < -0.3 is 4.90 Å². The van der Waals surface area contributed by atoms with Gasteiger partial charge in [0.2, 0.25) is 0 Å². The molecule has 1 saturated carbocycles. The lowest BCUT2D eigenvalue weighted by molar-refractivity contribution is 0.300. The predicted octanol–water partition coefficient (Wildman–Crippen LogP) is 3.77. The van der Waals surface area contributed by atoms with Crippen molar-refractivity contribution in [2.75, 3.05) is 12.8 Å². The topological polar surface area (TPSA) is 15.6 Å². The van der Waals surface area contributed by atoms with Crippen molar-refractivity contribution in [2.24, 2.45) is 10.9 Å². The zero-order valence-corrected chi connectivity index (χ0v) is 12.3.